The maximum Gasteiger partial charge on any atom is 0.295 e. The molecule has 0 saturated carbocycles. The predicted octanol–water partition coefficient (Wildman–Crippen LogP) is 5.44. The van der Waals surface area contributed by atoms with E-state index >= 15 is 0 Å². The Balaban J connectivity index is 1.59. The SMILES string of the molecule is CCCCCOc1ccc([C@@H]2C(=C(O)c3ccc4c(c3)OCCO4)C(=O)C(=O)N2Cc2cccnc2)cc1OCC. The van der Waals surface area contributed by atoms with E-state index in [4.69, 9.17) is 18.9 Å². The van der Waals surface area contributed by atoms with Crippen molar-refractivity contribution in [1.29, 1.82) is 0 Å². The van der Waals surface area contributed by atoms with Gasteiger partial charge in [0.2, 0.25) is 0 Å². The van der Waals surface area contributed by atoms with E-state index in [9.17, 15) is 14.7 Å². The van der Waals surface area contributed by atoms with Crippen LogP contribution in [0.25, 0.3) is 5.76 Å². The van der Waals surface area contributed by atoms with Gasteiger partial charge in [0.05, 0.1) is 24.8 Å². The fourth-order valence-electron chi connectivity index (χ4n) is 5.04. The molecule has 41 heavy (non-hydrogen) atoms. The lowest BCUT2D eigenvalue weighted by Gasteiger charge is -2.26. The highest BCUT2D eigenvalue weighted by atomic mass is 16.6. The quantitative estimate of drug-likeness (QED) is 0.143. The molecule has 0 bridgehead atoms. The number of rotatable bonds is 11. The van der Waals surface area contributed by atoms with E-state index in [1.807, 2.05) is 19.1 Å². The van der Waals surface area contributed by atoms with Crippen LogP contribution >= 0.6 is 0 Å². The Labute approximate surface area is 239 Å². The average molecular weight is 559 g/mol. The van der Waals surface area contributed by atoms with Crippen LogP contribution in [-0.4, -0.2) is 53.1 Å². The third-order valence-corrected chi connectivity index (χ3v) is 7.02. The van der Waals surface area contributed by atoms with E-state index in [0.717, 1.165) is 24.8 Å². The van der Waals surface area contributed by atoms with Gasteiger partial charge >= 0.3 is 0 Å². The number of aromatic nitrogens is 1. The zero-order valence-electron chi connectivity index (χ0n) is 23.3. The number of aliphatic hydroxyl groups excluding tert-OH is 1. The molecule has 3 aromatic rings. The Kier molecular flexibility index (Phi) is 8.72. The highest BCUT2D eigenvalue weighted by Gasteiger charge is 2.46. The summed E-state index contributed by atoms with van der Waals surface area (Å²) in [4.78, 5) is 32.6. The minimum Gasteiger partial charge on any atom is -0.507 e. The summed E-state index contributed by atoms with van der Waals surface area (Å²) in [6.07, 6.45) is 6.36. The third-order valence-electron chi connectivity index (χ3n) is 7.02. The van der Waals surface area contributed by atoms with E-state index in [2.05, 4.69) is 11.9 Å². The van der Waals surface area contributed by atoms with Crippen molar-refractivity contribution in [3.05, 3.63) is 83.2 Å². The van der Waals surface area contributed by atoms with Crippen LogP contribution in [0.2, 0.25) is 0 Å². The molecular formula is C32H34N2O7. The van der Waals surface area contributed by atoms with E-state index in [1.54, 1.807) is 48.8 Å². The lowest BCUT2D eigenvalue weighted by Crippen LogP contribution is -2.29. The van der Waals surface area contributed by atoms with Crippen LogP contribution in [-0.2, 0) is 16.1 Å². The summed E-state index contributed by atoms with van der Waals surface area (Å²) in [7, 11) is 0. The minimum absolute atomic E-state index is 0.0189. The lowest BCUT2D eigenvalue weighted by atomic mass is 9.94. The number of carbonyl (C=O) groups is 2. The van der Waals surface area contributed by atoms with Crippen molar-refractivity contribution in [2.75, 3.05) is 26.4 Å². The average Bonchev–Trinajstić information content (AvgIpc) is 3.25. The smallest absolute Gasteiger partial charge is 0.295 e. The van der Waals surface area contributed by atoms with Gasteiger partial charge in [-0.3, -0.25) is 14.6 Å². The molecule has 0 radical (unpaired) electrons. The molecule has 1 amide bonds. The number of unbranched alkanes of at least 4 members (excludes halogenated alkanes) is 2. The van der Waals surface area contributed by atoms with E-state index < -0.39 is 17.7 Å². The molecule has 2 aliphatic rings. The van der Waals surface area contributed by atoms with Crippen molar-refractivity contribution in [3.63, 3.8) is 0 Å². The van der Waals surface area contributed by atoms with Gasteiger partial charge in [-0.25, -0.2) is 0 Å². The number of pyridine rings is 1. The molecule has 1 fully saturated rings. The van der Waals surface area contributed by atoms with Crippen molar-refractivity contribution in [2.24, 2.45) is 0 Å². The Morgan fingerprint density at radius 2 is 1.83 bits per heavy atom. The predicted molar refractivity (Wildman–Crippen MR) is 152 cm³/mol. The van der Waals surface area contributed by atoms with Crippen LogP contribution in [0.4, 0.5) is 0 Å². The fourth-order valence-corrected chi connectivity index (χ4v) is 5.04. The van der Waals surface area contributed by atoms with Crippen molar-refractivity contribution in [3.8, 4) is 23.0 Å². The topological polar surface area (TPSA) is 107 Å². The molecule has 1 N–H and O–H groups in total. The fraction of sp³-hybridized carbons (Fsp3) is 0.344. The molecule has 214 valence electrons. The number of ketones is 1. The molecule has 2 aliphatic heterocycles. The second-order valence-corrected chi connectivity index (χ2v) is 9.84. The van der Waals surface area contributed by atoms with Crippen molar-refractivity contribution in [1.82, 2.24) is 9.88 Å². The van der Waals surface area contributed by atoms with Gasteiger partial charge < -0.3 is 29.0 Å². The summed E-state index contributed by atoms with van der Waals surface area (Å²) in [5, 5.41) is 11.5. The zero-order chi connectivity index (χ0) is 28.8. The van der Waals surface area contributed by atoms with Crippen molar-refractivity contribution in [2.45, 2.75) is 45.7 Å². The first kappa shape index (κ1) is 28.0. The number of aliphatic hydroxyl groups is 1. The Hall–Kier alpha value is -4.53. The van der Waals surface area contributed by atoms with Crippen LogP contribution < -0.4 is 18.9 Å². The highest BCUT2D eigenvalue weighted by molar-refractivity contribution is 6.46. The maximum atomic E-state index is 13.5. The number of fused-ring (bicyclic) bond motifs is 1. The second-order valence-electron chi connectivity index (χ2n) is 9.84. The molecule has 0 unspecified atom stereocenters. The monoisotopic (exact) mass is 558 g/mol. The van der Waals surface area contributed by atoms with Crippen LogP contribution in [0.5, 0.6) is 23.0 Å². The molecule has 1 saturated heterocycles. The first-order valence-electron chi connectivity index (χ1n) is 14.0. The van der Waals surface area contributed by atoms with Gasteiger partial charge in [0.25, 0.3) is 11.7 Å². The third kappa shape index (κ3) is 5.99. The number of likely N-dealkylation sites (tertiary alicyclic amines) is 1. The molecule has 9 nitrogen and oxygen atoms in total. The summed E-state index contributed by atoms with van der Waals surface area (Å²) in [5.74, 6) is 0.328. The standard InChI is InChI=1S/C32H34N2O7/c1-3-5-6-14-39-24-11-9-22(17-26(24)38-4-2)29-28(30(35)23-10-12-25-27(18-23)41-16-15-40-25)31(36)32(37)34(29)20-21-8-7-13-33-19-21/h7-13,17-19,29,35H,3-6,14-16,20H2,1-2H3/t29-/m1/s1. The van der Waals surface area contributed by atoms with Crippen LogP contribution in [0.1, 0.15) is 55.8 Å². The summed E-state index contributed by atoms with van der Waals surface area (Å²) < 4.78 is 23.2. The molecule has 5 rings (SSSR count). The molecule has 0 spiro atoms. The van der Waals surface area contributed by atoms with E-state index in [1.165, 1.54) is 4.90 Å². The van der Waals surface area contributed by atoms with Gasteiger partial charge in [-0.15, -0.1) is 0 Å². The Morgan fingerprint density at radius 3 is 2.59 bits per heavy atom. The molecule has 3 heterocycles. The number of carbonyl (C=O) groups excluding carboxylic acids is 2. The highest BCUT2D eigenvalue weighted by Crippen LogP contribution is 2.43. The van der Waals surface area contributed by atoms with Crippen LogP contribution in [0, 0.1) is 0 Å². The first-order chi connectivity index (χ1) is 20.0. The van der Waals surface area contributed by atoms with Gasteiger partial charge in [-0.1, -0.05) is 31.9 Å². The molecule has 1 aromatic heterocycles. The van der Waals surface area contributed by atoms with Crippen LogP contribution in [0.3, 0.4) is 0 Å². The minimum atomic E-state index is -0.878. The van der Waals surface area contributed by atoms with Crippen molar-refractivity contribution >= 4 is 17.4 Å². The van der Waals surface area contributed by atoms with Gasteiger partial charge in [0.1, 0.15) is 19.0 Å². The van der Waals surface area contributed by atoms with Gasteiger partial charge in [0.15, 0.2) is 23.0 Å². The number of Topliss-reactive ketones (excluding diaryl/α,β-unsaturated/α-hetero) is 1. The van der Waals surface area contributed by atoms with Gasteiger partial charge in [-0.05, 0) is 60.9 Å². The molecule has 0 aliphatic carbocycles. The zero-order valence-corrected chi connectivity index (χ0v) is 23.3. The lowest BCUT2D eigenvalue weighted by molar-refractivity contribution is -0.140. The summed E-state index contributed by atoms with van der Waals surface area (Å²) >= 11 is 0. The van der Waals surface area contributed by atoms with Crippen molar-refractivity contribution < 1.29 is 33.6 Å². The number of hydrogen-bond donors (Lipinski definition) is 1. The van der Waals surface area contributed by atoms with Crippen LogP contribution in [0.15, 0.2) is 66.5 Å². The Morgan fingerprint density at radius 1 is 1.00 bits per heavy atom. The van der Waals surface area contributed by atoms with E-state index in [-0.39, 0.29) is 17.9 Å². The normalized spacial score (nSPS) is 17.5. The van der Waals surface area contributed by atoms with Gasteiger partial charge in [-0.2, -0.15) is 0 Å². The number of hydrogen-bond acceptors (Lipinski definition) is 8. The number of nitrogens with zero attached hydrogens (tertiary/aromatic N) is 2. The number of amides is 1. The summed E-state index contributed by atoms with van der Waals surface area (Å²) in [6.45, 7) is 5.90. The van der Waals surface area contributed by atoms with Gasteiger partial charge in [0, 0.05) is 24.5 Å². The molecule has 1 atom stereocenters. The number of ether oxygens (including phenoxy) is 4. The largest absolute Gasteiger partial charge is 0.507 e. The molecule has 9 heteroatoms. The Bertz CT molecular complexity index is 1440. The molecule has 2 aromatic carbocycles. The summed E-state index contributed by atoms with van der Waals surface area (Å²) in [6, 6.07) is 13.1. The second kappa shape index (κ2) is 12.8. The van der Waals surface area contributed by atoms with E-state index in [0.29, 0.717) is 60.6 Å². The number of benzene rings is 2. The first-order valence-corrected chi connectivity index (χ1v) is 14.0. The molecular weight excluding hydrogens is 524 g/mol. The maximum absolute atomic E-state index is 13.5. The summed E-state index contributed by atoms with van der Waals surface area (Å²) in [5.41, 5.74) is 1.69.